The fourth-order valence-electron chi connectivity index (χ4n) is 5.86. The minimum absolute atomic E-state index is 0.0160. The first-order valence-electron chi connectivity index (χ1n) is 15.5. The molecule has 0 amide bonds. The Morgan fingerprint density at radius 2 is 1.24 bits per heavy atom. The second-order valence-corrected chi connectivity index (χ2v) is 12.6. The number of aliphatic hydroxyl groups is 1. The van der Waals surface area contributed by atoms with E-state index in [0.29, 0.717) is 17.6 Å². The number of carbonyl (C=O) groups excluding carboxylic acids is 1. The SMILES string of the molecule is CCC(C)CCCC(C)CCC1CCCC1=O.CCC(C)CCCC(C)CCC1CCCC1O. The lowest BCUT2D eigenvalue weighted by Gasteiger charge is -2.18. The molecule has 0 radical (unpaired) electrons. The fourth-order valence-corrected chi connectivity index (χ4v) is 5.86. The third-order valence-electron chi connectivity index (χ3n) is 9.27. The molecule has 0 aliphatic heterocycles. The second kappa shape index (κ2) is 18.8. The van der Waals surface area contributed by atoms with Crippen LogP contribution in [0.25, 0.3) is 0 Å². The summed E-state index contributed by atoms with van der Waals surface area (Å²) in [6, 6.07) is 0. The molecular weight excluding hydrogens is 416 g/mol. The van der Waals surface area contributed by atoms with Gasteiger partial charge in [-0.15, -0.1) is 0 Å². The minimum atomic E-state index is 0.0160. The van der Waals surface area contributed by atoms with Gasteiger partial charge in [-0.25, -0.2) is 0 Å². The number of hydrogen-bond donors (Lipinski definition) is 1. The highest BCUT2D eigenvalue weighted by Crippen LogP contribution is 2.31. The van der Waals surface area contributed by atoms with Crippen molar-refractivity contribution in [1.29, 1.82) is 0 Å². The maximum absolute atomic E-state index is 11.5. The van der Waals surface area contributed by atoms with Crippen LogP contribution in [0.5, 0.6) is 0 Å². The molecule has 0 aromatic carbocycles. The van der Waals surface area contributed by atoms with Crippen LogP contribution in [0.1, 0.15) is 157 Å². The molecule has 2 heteroatoms. The second-order valence-electron chi connectivity index (χ2n) is 12.6. The van der Waals surface area contributed by atoms with Crippen LogP contribution in [0.2, 0.25) is 0 Å². The van der Waals surface area contributed by atoms with E-state index in [-0.39, 0.29) is 6.10 Å². The Kier molecular flexibility index (Phi) is 17.5. The summed E-state index contributed by atoms with van der Waals surface area (Å²) in [4.78, 5) is 11.5. The van der Waals surface area contributed by atoms with Gasteiger partial charge >= 0.3 is 0 Å². The lowest BCUT2D eigenvalue weighted by Crippen LogP contribution is -2.14. The molecule has 0 bridgehead atoms. The number of Topliss-reactive ketones (excluding diaryl/α,β-unsaturated/α-hetero) is 1. The standard InChI is InChI=1S/C16H32O.C16H30O/c2*1-4-13(2)7-5-8-14(3)11-12-15-9-6-10-16(15)17/h13-17H,4-12H2,1-3H3;13-15H,4-12H2,1-3H3. The summed E-state index contributed by atoms with van der Waals surface area (Å²) in [6.45, 7) is 14.0. The van der Waals surface area contributed by atoms with Gasteiger partial charge in [-0.3, -0.25) is 4.79 Å². The highest BCUT2D eigenvalue weighted by atomic mass is 16.3. The first-order valence-corrected chi connectivity index (χ1v) is 15.5. The van der Waals surface area contributed by atoms with Crippen LogP contribution >= 0.6 is 0 Å². The van der Waals surface area contributed by atoms with Gasteiger partial charge < -0.3 is 5.11 Å². The molecule has 2 fully saturated rings. The molecule has 1 N–H and O–H groups in total. The molecule has 0 aromatic heterocycles. The zero-order valence-corrected chi connectivity index (χ0v) is 24.1. The monoisotopic (exact) mass is 478 g/mol. The smallest absolute Gasteiger partial charge is 0.135 e. The third-order valence-corrected chi connectivity index (χ3v) is 9.27. The van der Waals surface area contributed by atoms with E-state index < -0.39 is 0 Å². The summed E-state index contributed by atoms with van der Waals surface area (Å²) < 4.78 is 0. The Morgan fingerprint density at radius 1 is 0.706 bits per heavy atom. The van der Waals surface area contributed by atoms with E-state index in [9.17, 15) is 9.90 Å². The highest BCUT2D eigenvalue weighted by Gasteiger charge is 2.25. The lowest BCUT2D eigenvalue weighted by atomic mass is 9.90. The third kappa shape index (κ3) is 14.3. The van der Waals surface area contributed by atoms with Crippen molar-refractivity contribution in [2.75, 3.05) is 0 Å². The van der Waals surface area contributed by atoms with Gasteiger partial charge in [0.1, 0.15) is 5.78 Å². The summed E-state index contributed by atoms with van der Waals surface area (Å²) in [6.07, 6.45) is 22.6. The van der Waals surface area contributed by atoms with E-state index in [1.54, 1.807) is 0 Å². The van der Waals surface area contributed by atoms with Crippen LogP contribution in [-0.4, -0.2) is 17.0 Å². The first kappa shape index (κ1) is 31.7. The van der Waals surface area contributed by atoms with Gasteiger partial charge in [-0.05, 0) is 68.1 Å². The van der Waals surface area contributed by atoms with Crippen molar-refractivity contribution in [3.8, 4) is 0 Å². The van der Waals surface area contributed by atoms with E-state index in [2.05, 4.69) is 41.5 Å². The van der Waals surface area contributed by atoms with Crippen molar-refractivity contribution in [3.05, 3.63) is 0 Å². The van der Waals surface area contributed by atoms with Crippen molar-refractivity contribution >= 4 is 5.78 Å². The molecular formula is C32H62O2. The molecule has 0 heterocycles. The molecule has 2 rings (SSSR count). The molecule has 34 heavy (non-hydrogen) atoms. The van der Waals surface area contributed by atoms with Gasteiger partial charge in [0, 0.05) is 12.3 Å². The lowest BCUT2D eigenvalue weighted by molar-refractivity contribution is -0.120. The van der Waals surface area contributed by atoms with Gasteiger partial charge in [-0.2, -0.15) is 0 Å². The Labute approximate surface area is 214 Å². The van der Waals surface area contributed by atoms with Crippen molar-refractivity contribution in [1.82, 2.24) is 0 Å². The van der Waals surface area contributed by atoms with E-state index in [4.69, 9.17) is 0 Å². The average Bonchev–Trinajstić information content (AvgIpc) is 3.43. The Balaban J connectivity index is 0.000000340. The van der Waals surface area contributed by atoms with Gasteiger partial charge in [0.05, 0.1) is 6.10 Å². The van der Waals surface area contributed by atoms with Crippen LogP contribution < -0.4 is 0 Å². The molecule has 202 valence electrons. The van der Waals surface area contributed by atoms with Crippen LogP contribution in [0, 0.1) is 35.5 Å². The average molecular weight is 479 g/mol. The van der Waals surface area contributed by atoms with Gasteiger partial charge in [0.25, 0.3) is 0 Å². The number of aliphatic hydroxyl groups excluding tert-OH is 1. The number of hydrogen-bond acceptors (Lipinski definition) is 2. The zero-order chi connectivity index (χ0) is 25.3. The molecule has 0 spiro atoms. The van der Waals surface area contributed by atoms with Crippen LogP contribution in [0.3, 0.4) is 0 Å². The maximum Gasteiger partial charge on any atom is 0.135 e. The number of ketones is 1. The van der Waals surface area contributed by atoms with Crippen LogP contribution in [-0.2, 0) is 4.79 Å². The summed E-state index contributed by atoms with van der Waals surface area (Å²) in [5, 5.41) is 9.78. The zero-order valence-electron chi connectivity index (χ0n) is 24.1. The van der Waals surface area contributed by atoms with Crippen molar-refractivity contribution in [3.63, 3.8) is 0 Å². The molecule has 7 atom stereocenters. The Morgan fingerprint density at radius 3 is 1.68 bits per heavy atom. The molecule has 0 saturated heterocycles. The Bertz CT molecular complexity index is 501. The van der Waals surface area contributed by atoms with Crippen molar-refractivity contribution < 1.29 is 9.90 Å². The molecule has 2 aliphatic carbocycles. The predicted molar refractivity (Wildman–Crippen MR) is 149 cm³/mol. The normalized spacial score (nSPS) is 26.1. The number of rotatable bonds is 16. The molecule has 7 unspecified atom stereocenters. The summed E-state index contributed by atoms with van der Waals surface area (Å²) >= 11 is 0. The van der Waals surface area contributed by atoms with E-state index in [1.807, 2.05) is 0 Å². The molecule has 0 aromatic rings. The van der Waals surface area contributed by atoms with Gasteiger partial charge in [0.2, 0.25) is 0 Å². The maximum atomic E-state index is 11.5. The predicted octanol–water partition coefficient (Wildman–Crippen LogP) is 9.77. The van der Waals surface area contributed by atoms with E-state index in [0.717, 1.165) is 49.4 Å². The summed E-state index contributed by atoms with van der Waals surface area (Å²) in [5.74, 6) is 5.03. The quantitative estimate of drug-likeness (QED) is 0.240. The van der Waals surface area contributed by atoms with Crippen molar-refractivity contribution in [2.24, 2.45) is 35.5 Å². The highest BCUT2D eigenvalue weighted by molar-refractivity contribution is 5.82. The fraction of sp³-hybridized carbons (Fsp3) is 0.969. The van der Waals surface area contributed by atoms with E-state index in [1.165, 1.54) is 89.9 Å². The van der Waals surface area contributed by atoms with E-state index >= 15 is 0 Å². The largest absolute Gasteiger partial charge is 0.393 e. The molecule has 2 aliphatic rings. The molecule has 2 nitrogen and oxygen atoms in total. The van der Waals surface area contributed by atoms with Gasteiger partial charge in [0.15, 0.2) is 0 Å². The minimum Gasteiger partial charge on any atom is -0.393 e. The van der Waals surface area contributed by atoms with Crippen LogP contribution in [0.4, 0.5) is 0 Å². The molecule has 2 saturated carbocycles. The van der Waals surface area contributed by atoms with Crippen LogP contribution in [0.15, 0.2) is 0 Å². The summed E-state index contributed by atoms with van der Waals surface area (Å²) in [7, 11) is 0. The first-order chi connectivity index (χ1) is 16.3. The number of carbonyl (C=O) groups is 1. The Hall–Kier alpha value is -0.370. The van der Waals surface area contributed by atoms with Crippen molar-refractivity contribution in [2.45, 2.75) is 163 Å². The topological polar surface area (TPSA) is 37.3 Å². The van der Waals surface area contributed by atoms with Gasteiger partial charge in [-0.1, -0.05) is 112 Å². The summed E-state index contributed by atoms with van der Waals surface area (Å²) in [5.41, 5.74) is 0.